The van der Waals surface area contributed by atoms with Crippen LogP contribution in [0.1, 0.15) is 0 Å². The number of hydrogen-bond donors (Lipinski definition) is 0. The Hall–Kier alpha value is -3.41. The van der Waals surface area contributed by atoms with Crippen LogP contribution in [0.15, 0.2) is 98.0 Å². The maximum atomic E-state index is 4.22. The second kappa shape index (κ2) is 11.6. The molecule has 0 unspecified atom stereocenters. The molecule has 0 aliphatic rings. The van der Waals surface area contributed by atoms with Gasteiger partial charge in [-0.2, -0.15) is 10.2 Å². The van der Waals surface area contributed by atoms with Crippen LogP contribution in [0.5, 0.6) is 0 Å². The van der Waals surface area contributed by atoms with E-state index in [0.29, 0.717) is 0 Å². The molecule has 0 aliphatic carbocycles. The van der Waals surface area contributed by atoms with Crippen molar-refractivity contribution < 1.29 is 20.1 Å². The summed E-state index contributed by atoms with van der Waals surface area (Å²) in [5.74, 6) is 0. The standard InChI is InChI=1S/C11H8N5.C11H8N.CH3.Ir/c1-3-13-15(5-1)10-7-11(9-12-8-10)16-6-2-4-14-16;1-2-6-10(7-3-1)11-8-4-5-9-12-11;;/h1-6,8-9H;1-6,8-9H;1H3;/q3*-1;+3. The Morgan fingerprint density at radius 1 is 0.733 bits per heavy atom. The number of benzene rings is 1. The van der Waals surface area contributed by atoms with Gasteiger partial charge < -0.3 is 17.4 Å². The maximum Gasteiger partial charge on any atom is 3.00 e. The Morgan fingerprint density at radius 3 is 1.90 bits per heavy atom. The summed E-state index contributed by atoms with van der Waals surface area (Å²) in [6.45, 7) is 0. The molecule has 0 saturated carbocycles. The van der Waals surface area contributed by atoms with Crippen LogP contribution in [0.2, 0.25) is 0 Å². The van der Waals surface area contributed by atoms with Gasteiger partial charge in [-0.1, -0.05) is 24.5 Å². The van der Waals surface area contributed by atoms with Crippen molar-refractivity contribution in [2.75, 3.05) is 0 Å². The molecule has 4 aromatic heterocycles. The molecule has 0 N–H and O–H groups in total. The Kier molecular flexibility index (Phi) is 8.81. The average Bonchev–Trinajstić information content (AvgIpc) is 3.50. The first-order chi connectivity index (χ1) is 13.9. The van der Waals surface area contributed by atoms with Crippen molar-refractivity contribution in [2.45, 2.75) is 0 Å². The zero-order valence-electron chi connectivity index (χ0n) is 16.3. The summed E-state index contributed by atoms with van der Waals surface area (Å²) in [5, 5.41) is 8.25. The minimum atomic E-state index is 0. The number of pyridine rings is 2. The first kappa shape index (κ1) is 22.9. The van der Waals surface area contributed by atoms with E-state index in [2.05, 4.69) is 32.3 Å². The molecule has 0 fully saturated rings. The molecular weight excluding hydrogens is 553 g/mol. The second-order valence-corrected chi connectivity index (χ2v) is 5.70. The van der Waals surface area contributed by atoms with E-state index in [0.717, 1.165) is 22.6 Å². The van der Waals surface area contributed by atoms with Crippen LogP contribution >= 0.6 is 0 Å². The van der Waals surface area contributed by atoms with E-state index in [1.165, 1.54) is 0 Å². The Morgan fingerprint density at radius 2 is 1.40 bits per heavy atom. The normalized spacial score (nSPS) is 9.47. The van der Waals surface area contributed by atoms with Crippen LogP contribution in [0, 0.1) is 19.6 Å². The molecule has 1 aromatic carbocycles. The molecule has 150 valence electrons. The van der Waals surface area contributed by atoms with Crippen LogP contribution in [-0.2, 0) is 20.1 Å². The van der Waals surface area contributed by atoms with Crippen molar-refractivity contribution >= 4 is 0 Å². The monoisotopic (exact) mass is 572 g/mol. The molecule has 0 spiro atoms. The van der Waals surface area contributed by atoms with Gasteiger partial charge in [0, 0.05) is 31.0 Å². The molecule has 0 bridgehead atoms. The van der Waals surface area contributed by atoms with Crippen LogP contribution in [0.4, 0.5) is 0 Å². The summed E-state index contributed by atoms with van der Waals surface area (Å²) in [6.07, 6.45) is 12.3. The zero-order chi connectivity index (χ0) is 19.0. The van der Waals surface area contributed by atoms with Gasteiger partial charge in [0.05, 0.1) is 0 Å². The molecule has 0 aliphatic heterocycles. The zero-order valence-corrected chi connectivity index (χ0v) is 18.6. The van der Waals surface area contributed by atoms with Gasteiger partial charge in [-0.15, -0.1) is 42.0 Å². The molecule has 6 nitrogen and oxygen atoms in total. The number of hydrogen-bond acceptors (Lipinski definition) is 4. The fraction of sp³-hybridized carbons (Fsp3) is 0. The molecule has 5 rings (SSSR count). The number of rotatable bonds is 3. The average molecular weight is 572 g/mol. The Bertz CT molecular complexity index is 1010. The molecule has 5 aromatic rings. The van der Waals surface area contributed by atoms with Crippen LogP contribution in [-0.4, -0.2) is 29.5 Å². The number of nitrogens with zero attached hydrogens (tertiary/aromatic N) is 6. The molecule has 30 heavy (non-hydrogen) atoms. The predicted molar refractivity (Wildman–Crippen MR) is 112 cm³/mol. The molecule has 0 radical (unpaired) electrons. The quantitative estimate of drug-likeness (QED) is 0.304. The van der Waals surface area contributed by atoms with Gasteiger partial charge in [0.25, 0.3) is 0 Å². The van der Waals surface area contributed by atoms with E-state index in [-0.39, 0.29) is 27.5 Å². The molecule has 4 heterocycles. The van der Waals surface area contributed by atoms with Gasteiger partial charge in [0.15, 0.2) is 0 Å². The van der Waals surface area contributed by atoms with E-state index in [1.54, 1.807) is 40.3 Å². The van der Waals surface area contributed by atoms with Crippen molar-refractivity contribution in [3.63, 3.8) is 0 Å². The number of aromatic nitrogens is 6. The molecule has 7 heteroatoms. The van der Waals surface area contributed by atoms with Crippen molar-refractivity contribution in [1.82, 2.24) is 29.5 Å². The summed E-state index contributed by atoms with van der Waals surface area (Å²) in [7, 11) is 0. The second-order valence-electron chi connectivity index (χ2n) is 5.70. The minimum Gasteiger partial charge on any atom is -0.387 e. The van der Waals surface area contributed by atoms with E-state index in [9.17, 15) is 0 Å². The van der Waals surface area contributed by atoms with Gasteiger partial charge in [-0.05, 0) is 35.3 Å². The smallest absolute Gasteiger partial charge is 0.387 e. The van der Waals surface area contributed by atoms with E-state index < -0.39 is 0 Å². The summed E-state index contributed by atoms with van der Waals surface area (Å²) >= 11 is 0. The molecule has 0 saturated heterocycles. The fourth-order valence-electron chi connectivity index (χ4n) is 2.50. The first-order valence-electron chi connectivity index (χ1n) is 8.65. The Labute approximate surface area is 189 Å². The van der Waals surface area contributed by atoms with Crippen molar-refractivity contribution in [3.05, 3.63) is 118 Å². The van der Waals surface area contributed by atoms with Crippen molar-refractivity contribution in [1.29, 1.82) is 0 Å². The maximum absolute atomic E-state index is 4.22. The van der Waals surface area contributed by atoms with Crippen molar-refractivity contribution in [2.24, 2.45) is 0 Å². The summed E-state index contributed by atoms with van der Waals surface area (Å²) in [4.78, 5) is 8.36. The van der Waals surface area contributed by atoms with Gasteiger partial charge in [-0.25, -0.2) is 0 Å². The van der Waals surface area contributed by atoms with Gasteiger partial charge in [-0.3, -0.25) is 9.36 Å². The van der Waals surface area contributed by atoms with Crippen LogP contribution < -0.4 is 0 Å². The molecular formula is C23H19IrN6. The molecule has 0 atom stereocenters. The summed E-state index contributed by atoms with van der Waals surface area (Å²) in [5.41, 5.74) is 3.59. The van der Waals surface area contributed by atoms with Gasteiger partial charge in [0.1, 0.15) is 0 Å². The predicted octanol–water partition coefficient (Wildman–Crippen LogP) is 4.25. The largest absolute Gasteiger partial charge is 3.00 e. The third-order valence-electron chi connectivity index (χ3n) is 3.80. The van der Waals surface area contributed by atoms with E-state index in [1.807, 2.05) is 67.0 Å². The van der Waals surface area contributed by atoms with Gasteiger partial charge >= 0.3 is 20.1 Å². The molecule has 0 amide bonds. The van der Waals surface area contributed by atoms with E-state index in [4.69, 9.17) is 0 Å². The topological polar surface area (TPSA) is 61.4 Å². The van der Waals surface area contributed by atoms with E-state index >= 15 is 0 Å². The first-order valence-corrected chi connectivity index (χ1v) is 8.65. The Balaban J connectivity index is 0.000000207. The van der Waals surface area contributed by atoms with Crippen LogP contribution in [0.25, 0.3) is 22.6 Å². The third-order valence-corrected chi connectivity index (χ3v) is 3.80. The third kappa shape index (κ3) is 5.80. The fourth-order valence-corrected chi connectivity index (χ4v) is 2.50. The minimum absolute atomic E-state index is 0. The summed E-state index contributed by atoms with van der Waals surface area (Å²) < 4.78 is 3.42. The SMILES string of the molecule is [CH3-].[Ir+3].[c-]1c(-n2cccn2)cncc1-n1cccn1.[c-]1ccccc1-c1ccccn1. The summed E-state index contributed by atoms with van der Waals surface area (Å²) in [6, 6.07) is 23.7. The van der Waals surface area contributed by atoms with Crippen molar-refractivity contribution in [3.8, 4) is 22.6 Å². The van der Waals surface area contributed by atoms with Gasteiger partial charge in [0.2, 0.25) is 0 Å². The van der Waals surface area contributed by atoms with Crippen LogP contribution in [0.3, 0.4) is 0 Å².